The van der Waals surface area contributed by atoms with E-state index in [1.54, 1.807) is 42.3 Å². The Morgan fingerprint density at radius 2 is 1.85 bits per heavy atom. The minimum atomic E-state index is -0.532. The van der Waals surface area contributed by atoms with E-state index in [2.05, 4.69) is 15.2 Å². The lowest BCUT2D eigenvalue weighted by Gasteiger charge is -2.37. The third-order valence-electron chi connectivity index (χ3n) is 5.56. The summed E-state index contributed by atoms with van der Waals surface area (Å²) in [6.45, 7) is 10.3. The molecule has 2 aromatic rings. The Hall–Kier alpha value is -3.20. The van der Waals surface area contributed by atoms with Crippen LogP contribution < -0.4 is 5.32 Å². The van der Waals surface area contributed by atoms with Crippen LogP contribution in [0.3, 0.4) is 0 Å². The van der Waals surface area contributed by atoms with Crippen molar-refractivity contribution in [1.82, 2.24) is 14.8 Å². The van der Waals surface area contributed by atoms with Gasteiger partial charge in [-0.1, -0.05) is 12.1 Å². The molecule has 1 aromatic carbocycles. The van der Waals surface area contributed by atoms with Crippen LogP contribution in [-0.2, 0) is 9.47 Å². The molecule has 3 rings (SSSR count). The number of pyridine rings is 1. The lowest BCUT2D eigenvalue weighted by atomic mass is 10.0. The predicted molar refractivity (Wildman–Crippen MR) is 127 cm³/mol. The first kappa shape index (κ1) is 25.4. The largest absolute Gasteiger partial charge is 0.464 e. The Kier molecular flexibility index (Phi) is 8.09. The summed E-state index contributed by atoms with van der Waals surface area (Å²) in [5, 5.41) is 3.41. The predicted octanol–water partition coefficient (Wildman–Crippen LogP) is 4.02. The topological polar surface area (TPSA) is 84.0 Å². The van der Waals surface area contributed by atoms with Crippen LogP contribution in [0.15, 0.2) is 36.5 Å². The zero-order valence-corrected chi connectivity index (χ0v) is 20.4. The van der Waals surface area contributed by atoms with Crippen molar-refractivity contribution in [2.75, 3.05) is 45.2 Å². The van der Waals surface area contributed by atoms with Crippen LogP contribution in [0.2, 0.25) is 0 Å². The summed E-state index contributed by atoms with van der Waals surface area (Å²) < 4.78 is 24.5. The summed E-state index contributed by atoms with van der Waals surface area (Å²) >= 11 is 0. The molecule has 8 nitrogen and oxygen atoms in total. The Morgan fingerprint density at radius 1 is 1.15 bits per heavy atom. The van der Waals surface area contributed by atoms with Crippen LogP contribution >= 0.6 is 0 Å². The van der Waals surface area contributed by atoms with Crippen molar-refractivity contribution >= 4 is 17.7 Å². The fourth-order valence-corrected chi connectivity index (χ4v) is 3.66. The van der Waals surface area contributed by atoms with Gasteiger partial charge in [-0.25, -0.2) is 19.0 Å². The quantitative estimate of drug-likeness (QED) is 0.636. The molecule has 1 aliphatic rings. The van der Waals surface area contributed by atoms with Crippen molar-refractivity contribution in [3.63, 3.8) is 0 Å². The number of nitrogens with one attached hydrogen (secondary N) is 1. The van der Waals surface area contributed by atoms with Crippen molar-refractivity contribution in [3.8, 4) is 0 Å². The zero-order chi connectivity index (χ0) is 24.9. The molecule has 1 aromatic heterocycles. The van der Waals surface area contributed by atoms with E-state index in [0.29, 0.717) is 44.0 Å². The molecule has 1 saturated heterocycles. The number of aromatic nitrogens is 1. The number of nitrogens with zero attached hydrogens (tertiary/aromatic N) is 3. The number of hydrogen-bond acceptors (Lipinski definition) is 7. The number of carbonyl (C=O) groups is 2. The highest BCUT2D eigenvalue weighted by Gasteiger charge is 2.27. The smallest absolute Gasteiger partial charge is 0.410 e. The number of anilines is 1. The molecule has 0 radical (unpaired) electrons. The van der Waals surface area contributed by atoms with Crippen molar-refractivity contribution < 1.29 is 23.5 Å². The van der Waals surface area contributed by atoms with Crippen molar-refractivity contribution in [2.45, 2.75) is 39.3 Å². The van der Waals surface area contributed by atoms with Crippen LogP contribution in [0, 0.1) is 12.7 Å². The maximum absolute atomic E-state index is 14.3. The van der Waals surface area contributed by atoms with Gasteiger partial charge in [-0.15, -0.1) is 0 Å². The Morgan fingerprint density at radius 3 is 2.41 bits per heavy atom. The standard InChI is InChI=1S/C25H33FN4O4/c1-17-6-7-18(14-20(17)26)22(28-19-8-9-21(27-15-19)23(31)33-5)16-29-10-12-30(13-11-29)24(32)34-25(2,3)4/h6-9,14-15,22,28H,10-13,16H2,1-5H3. The molecule has 0 bridgehead atoms. The molecule has 1 unspecified atom stereocenters. The highest BCUT2D eigenvalue weighted by atomic mass is 19.1. The van der Waals surface area contributed by atoms with Gasteiger partial charge in [-0.2, -0.15) is 0 Å². The molecule has 1 atom stereocenters. The molecule has 1 fully saturated rings. The highest BCUT2D eigenvalue weighted by Crippen LogP contribution is 2.24. The average molecular weight is 473 g/mol. The minimum Gasteiger partial charge on any atom is -0.464 e. The van der Waals surface area contributed by atoms with Gasteiger partial charge in [0.2, 0.25) is 0 Å². The van der Waals surface area contributed by atoms with Gasteiger partial charge < -0.3 is 19.7 Å². The number of halogens is 1. The molecule has 0 spiro atoms. The molecule has 1 N–H and O–H groups in total. The molecule has 184 valence electrons. The fourth-order valence-electron chi connectivity index (χ4n) is 3.66. The van der Waals surface area contributed by atoms with Gasteiger partial charge >= 0.3 is 12.1 Å². The van der Waals surface area contributed by atoms with E-state index in [1.165, 1.54) is 7.11 Å². The second-order valence-electron chi connectivity index (χ2n) is 9.40. The summed E-state index contributed by atoms with van der Waals surface area (Å²) in [6, 6.07) is 8.31. The van der Waals surface area contributed by atoms with Gasteiger partial charge in [-0.3, -0.25) is 4.90 Å². The normalized spacial score (nSPS) is 15.5. The third-order valence-corrected chi connectivity index (χ3v) is 5.56. The average Bonchev–Trinajstić information content (AvgIpc) is 2.79. The maximum Gasteiger partial charge on any atom is 0.410 e. The molecule has 9 heteroatoms. The number of aryl methyl sites for hydroxylation is 1. The van der Waals surface area contributed by atoms with E-state index in [1.807, 2.05) is 26.8 Å². The maximum atomic E-state index is 14.3. The number of methoxy groups -OCH3 is 1. The number of esters is 1. The van der Waals surface area contributed by atoms with E-state index < -0.39 is 11.6 Å². The third kappa shape index (κ3) is 6.90. The number of ether oxygens (including phenoxy) is 2. The fraction of sp³-hybridized carbons (Fsp3) is 0.480. The molecule has 0 saturated carbocycles. The van der Waals surface area contributed by atoms with Gasteiger partial charge in [0.15, 0.2) is 0 Å². The van der Waals surface area contributed by atoms with Gasteiger partial charge in [-0.05, 0) is 57.0 Å². The number of hydrogen-bond donors (Lipinski definition) is 1. The van der Waals surface area contributed by atoms with Crippen LogP contribution in [0.4, 0.5) is 14.9 Å². The lowest BCUT2D eigenvalue weighted by molar-refractivity contribution is 0.0142. The SMILES string of the molecule is COC(=O)c1ccc(NC(CN2CCN(C(=O)OC(C)(C)C)CC2)c2ccc(C)c(F)c2)cn1. The van der Waals surface area contributed by atoms with E-state index in [0.717, 1.165) is 5.56 Å². The minimum absolute atomic E-state index is 0.212. The summed E-state index contributed by atoms with van der Waals surface area (Å²) in [4.78, 5) is 32.1. The monoisotopic (exact) mass is 472 g/mol. The summed E-state index contributed by atoms with van der Waals surface area (Å²) in [6.07, 6.45) is 1.25. The van der Waals surface area contributed by atoms with Crippen LogP contribution in [0.1, 0.15) is 48.4 Å². The van der Waals surface area contributed by atoms with Crippen LogP contribution in [0.5, 0.6) is 0 Å². The summed E-state index contributed by atoms with van der Waals surface area (Å²) in [5.41, 5.74) is 1.76. The van der Waals surface area contributed by atoms with E-state index in [-0.39, 0.29) is 23.6 Å². The second-order valence-corrected chi connectivity index (χ2v) is 9.40. The molecule has 1 amide bonds. The first-order chi connectivity index (χ1) is 16.1. The highest BCUT2D eigenvalue weighted by molar-refractivity contribution is 5.87. The number of carbonyl (C=O) groups excluding carboxylic acids is 2. The molecule has 1 aliphatic heterocycles. The first-order valence-electron chi connectivity index (χ1n) is 11.3. The summed E-state index contributed by atoms with van der Waals surface area (Å²) in [5.74, 6) is -0.773. The molecular formula is C25H33FN4O4. The van der Waals surface area contributed by atoms with Gasteiger partial charge in [0.1, 0.15) is 17.1 Å². The molecule has 0 aliphatic carbocycles. The van der Waals surface area contributed by atoms with Gasteiger partial charge in [0, 0.05) is 32.7 Å². The number of piperazine rings is 1. The second kappa shape index (κ2) is 10.8. The van der Waals surface area contributed by atoms with Gasteiger partial charge in [0.05, 0.1) is 25.0 Å². The number of rotatable bonds is 6. The molecular weight excluding hydrogens is 439 g/mol. The molecule has 34 heavy (non-hydrogen) atoms. The Bertz CT molecular complexity index is 999. The lowest BCUT2D eigenvalue weighted by Crippen LogP contribution is -2.51. The Labute approximate surface area is 200 Å². The Balaban J connectivity index is 1.70. The van der Waals surface area contributed by atoms with E-state index >= 15 is 0 Å². The van der Waals surface area contributed by atoms with Crippen LogP contribution in [0.25, 0.3) is 0 Å². The van der Waals surface area contributed by atoms with Gasteiger partial charge in [0.25, 0.3) is 0 Å². The molecule has 2 heterocycles. The van der Waals surface area contributed by atoms with Crippen molar-refractivity contribution in [1.29, 1.82) is 0 Å². The van der Waals surface area contributed by atoms with Crippen molar-refractivity contribution in [2.24, 2.45) is 0 Å². The summed E-state index contributed by atoms with van der Waals surface area (Å²) in [7, 11) is 1.31. The number of amides is 1. The van der Waals surface area contributed by atoms with E-state index in [9.17, 15) is 14.0 Å². The van der Waals surface area contributed by atoms with Crippen LogP contribution in [-0.4, -0.2) is 72.3 Å². The zero-order valence-electron chi connectivity index (χ0n) is 20.4. The van der Waals surface area contributed by atoms with Crippen molar-refractivity contribution in [3.05, 3.63) is 59.2 Å². The van der Waals surface area contributed by atoms with E-state index in [4.69, 9.17) is 9.47 Å². The number of benzene rings is 1. The first-order valence-corrected chi connectivity index (χ1v) is 11.3.